The van der Waals surface area contributed by atoms with Crippen LogP contribution in [-0.4, -0.2) is 9.97 Å². The number of hydrazine groups is 1. The Labute approximate surface area is 130 Å². The highest BCUT2D eigenvalue weighted by Gasteiger charge is 2.08. The predicted molar refractivity (Wildman–Crippen MR) is 85.8 cm³/mol. The fraction of sp³-hybridized carbons (Fsp3) is 0.0667. The minimum atomic E-state index is 0.333. The summed E-state index contributed by atoms with van der Waals surface area (Å²) in [5.74, 6) is 6.24. The van der Waals surface area contributed by atoms with Crippen molar-refractivity contribution in [3.8, 4) is 5.88 Å². The van der Waals surface area contributed by atoms with E-state index in [1.165, 1.54) is 0 Å². The third-order valence-corrected chi connectivity index (χ3v) is 3.51. The number of anilines is 1. The molecule has 3 aromatic rings. The van der Waals surface area contributed by atoms with E-state index in [0.29, 0.717) is 18.4 Å². The number of rotatable bonds is 4. The number of aromatic nitrogens is 2. The smallest absolute Gasteiger partial charge is 0.241 e. The van der Waals surface area contributed by atoms with Gasteiger partial charge in [0.25, 0.3) is 0 Å². The van der Waals surface area contributed by atoms with Crippen LogP contribution in [0.15, 0.2) is 53.0 Å². The summed E-state index contributed by atoms with van der Waals surface area (Å²) in [4.78, 5) is 8.56. The van der Waals surface area contributed by atoms with Crippen LogP contribution < -0.4 is 16.0 Å². The lowest BCUT2D eigenvalue weighted by Gasteiger charge is -2.10. The second-order valence-electron chi connectivity index (χ2n) is 4.43. The van der Waals surface area contributed by atoms with Gasteiger partial charge in [0.15, 0.2) is 0 Å². The lowest BCUT2D eigenvalue weighted by molar-refractivity contribution is 0.298. The summed E-state index contributed by atoms with van der Waals surface area (Å²) in [7, 11) is 0. The highest BCUT2D eigenvalue weighted by atomic mass is 79.9. The zero-order valence-electron chi connectivity index (χ0n) is 11.1. The van der Waals surface area contributed by atoms with E-state index < -0.39 is 0 Å². The normalized spacial score (nSPS) is 10.6. The topological polar surface area (TPSA) is 73.1 Å². The molecule has 3 N–H and O–H groups in total. The number of hydrogen-bond donors (Lipinski definition) is 2. The van der Waals surface area contributed by atoms with Crippen LogP contribution >= 0.6 is 15.9 Å². The number of halogens is 1. The first kappa shape index (κ1) is 13.8. The van der Waals surface area contributed by atoms with E-state index in [1.807, 2.05) is 48.5 Å². The summed E-state index contributed by atoms with van der Waals surface area (Å²) in [6, 6.07) is 15.6. The van der Waals surface area contributed by atoms with Crippen molar-refractivity contribution in [1.29, 1.82) is 0 Å². The van der Waals surface area contributed by atoms with E-state index >= 15 is 0 Å². The van der Waals surface area contributed by atoms with Crippen LogP contribution in [0.2, 0.25) is 0 Å². The van der Waals surface area contributed by atoms with E-state index in [1.54, 1.807) is 0 Å². The summed E-state index contributed by atoms with van der Waals surface area (Å²) in [6.45, 7) is 0.429. The van der Waals surface area contributed by atoms with Gasteiger partial charge in [-0.25, -0.2) is 10.8 Å². The van der Waals surface area contributed by atoms with Gasteiger partial charge in [0.05, 0.1) is 10.9 Å². The number of fused-ring (bicyclic) bond motifs is 1. The molecular formula is C15H13BrN4O. The fourth-order valence-electron chi connectivity index (χ4n) is 1.95. The number of nitrogens with one attached hydrogen (secondary N) is 1. The number of nitrogens with two attached hydrogens (primary N) is 1. The first-order valence-electron chi connectivity index (χ1n) is 6.37. The molecule has 3 rings (SSSR count). The minimum Gasteiger partial charge on any atom is -0.472 e. The van der Waals surface area contributed by atoms with Crippen LogP contribution in [0.4, 0.5) is 5.95 Å². The zero-order valence-corrected chi connectivity index (χ0v) is 12.7. The van der Waals surface area contributed by atoms with Gasteiger partial charge >= 0.3 is 0 Å². The average molecular weight is 345 g/mol. The Bertz CT molecular complexity index is 761. The van der Waals surface area contributed by atoms with Gasteiger partial charge in [0.1, 0.15) is 6.61 Å². The maximum absolute atomic E-state index is 5.83. The number of hydrogen-bond acceptors (Lipinski definition) is 5. The molecule has 0 aliphatic heterocycles. The Hall–Kier alpha value is -2.18. The molecular weight excluding hydrogens is 332 g/mol. The summed E-state index contributed by atoms with van der Waals surface area (Å²) in [6.07, 6.45) is 0. The Morgan fingerprint density at radius 1 is 1.05 bits per heavy atom. The standard InChI is InChI=1S/C15H13BrN4O/c16-11-7-5-10(6-8-11)9-21-14-12-3-1-2-4-13(12)18-15(19-14)20-17/h1-8H,9,17H2,(H,18,19,20). The van der Waals surface area contributed by atoms with Gasteiger partial charge in [-0.15, -0.1) is 0 Å². The van der Waals surface area contributed by atoms with Gasteiger partial charge in [0.2, 0.25) is 11.8 Å². The molecule has 106 valence electrons. The van der Waals surface area contributed by atoms with Gasteiger partial charge in [-0.1, -0.05) is 40.2 Å². The third kappa shape index (κ3) is 3.12. The molecule has 21 heavy (non-hydrogen) atoms. The molecule has 0 bridgehead atoms. The highest BCUT2D eigenvalue weighted by molar-refractivity contribution is 9.10. The second-order valence-corrected chi connectivity index (χ2v) is 5.34. The Morgan fingerprint density at radius 2 is 1.81 bits per heavy atom. The number of para-hydroxylation sites is 1. The monoisotopic (exact) mass is 344 g/mol. The highest BCUT2D eigenvalue weighted by Crippen LogP contribution is 2.24. The second kappa shape index (κ2) is 6.07. The Balaban J connectivity index is 1.90. The lowest BCUT2D eigenvalue weighted by atomic mass is 10.2. The molecule has 0 aliphatic rings. The summed E-state index contributed by atoms with van der Waals surface area (Å²) >= 11 is 3.41. The lowest BCUT2D eigenvalue weighted by Crippen LogP contribution is -2.11. The van der Waals surface area contributed by atoms with Crippen molar-refractivity contribution in [3.63, 3.8) is 0 Å². The Morgan fingerprint density at radius 3 is 2.57 bits per heavy atom. The molecule has 6 heteroatoms. The number of benzene rings is 2. The van der Waals surface area contributed by atoms with Crippen LogP contribution in [0, 0.1) is 0 Å². The maximum Gasteiger partial charge on any atom is 0.241 e. The van der Waals surface area contributed by atoms with E-state index in [4.69, 9.17) is 10.6 Å². The molecule has 0 aliphatic carbocycles. The largest absolute Gasteiger partial charge is 0.472 e. The summed E-state index contributed by atoms with van der Waals surface area (Å²) < 4.78 is 6.86. The van der Waals surface area contributed by atoms with Gasteiger partial charge in [0, 0.05) is 4.47 Å². The van der Waals surface area contributed by atoms with Crippen molar-refractivity contribution < 1.29 is 4.74 Å². The number of nitrogens with zero attached hydrogens (tertiary/aromatic N) is 2. The quantitative estimate of drug-likeness (QED) is 0.561. The van der Waals surface area contributed by atoms with Gasteiger partial charge in [-0.2, -0.15) is 4.98 Å². The molecule has 0 saturated heterocycles. The van der Waals surface area contributed by atoms with Gasteiger partial charge in [-0.3, -0.25) is 5.43 Å². The van der Waals surface area contributed by atoms with E-state index in [0.717, 1.165) is 20.9 Å². The molecule has 0 atom stereocenters. The number of ether oxygens (including phenoxy) is 1. The van der Waals surface area contributed by atoms with Crippen molar-refractivity contribution in [1.82, 2.24) is 9.97 Å². The first-order valence-corrected chi connectivity index (χ1v) is 7.16. The van der Waals surface area contributed by atoms with E-state index in [-0.39, 0.29) is 0 Å². The molecule has 1 heterocycles. The van der Waals surface area contributed by atoms with Crippen LogP contribution in [0.5, 0.6) is 5.88 Å². The summed E-state index contributed by atoms with van der Waals surface area (Å²) in [5.41, 5.74) is 4.30. The minimum absolute atomic E-state index is 0.333. The van der Waals surface area contributed by atoms with Crippen LogP contribution in [-0.2, 0) is 6.61 Å². The molecule has 0 radical (unpaired) electrons. The molecule has 0 spiro atoms. The van der Waals surface area contributed by atoms with E-state index in [2.05, 4.69) is 31.3 Å². The van der Waals surface area contributed by atoms with Gasteiger partial charge < -0.3 is 4.74 Å². The van der Waals surface area contributed by atoms with Gasteiger partial charge in [-0.05, 0) is 29.8 Å². The summed E-state index contributed by atoms with van der Waals surface area (Å²) in [5, 5.41) is 0.855. The van der Waals surface area contributed by atoms with E-state index in [9.17, 15) is 0 Å². The number of nitrogen functional groups attached to an aromatic ring is 1. The molecule has 1 aromatic heterocycles. The molecule has 0 saturated carbocycles. The maximum atomic E-state index is 5.83. The molecule has 2 aromatic carbocycles. The van der Waals surface area contributed by atoms with Crippen LogP contribution in [0.3, 0.4) is 0 Å². The third-order valence-electron chi connectivity index (χ3n) is 2.99. The predicted octanol–water partition coefficient (Wildman–Crippen LogP) is 3.26. The molecule has 5 nitrogen and oxygen atoms in total. The average Bonchev–Trinajstić information content (AvgIpc) is 2.53. The van der Waals surface area contributed by atoms with Crippen LogP contribution in [0.1, 0.15) is 5.56 Å². The Kier molecular flexibility index (Phi) is 3.98. The van der Waals surface area contributed by atoms with Crippen molar-refractivity contribution in [3.05, 3.63) is 58.6 Å². The van der Waals surface area contributed by atoms with Crippen molar-refractivity contribution in [2.45, 2.75) is 6.61 Å². The van der Waals surface area contributed by atoms with Crippen molar-refractivity contribution >= 4 is 32.8 Å². The zero-order chi connectivity index (χ0) is 14.7. The molecule has 0 amide bonds. The fourth-order valence-corrected chi connectivity index (χ4v) is 2.22. The van der Waals surface area contributed by atoms with Crippen molar-refractivity contribution in [2.24, 2.45) is 5.84 Å². The first-order chi connectivity index (χ1) is 10.3. The SMILES string of the molecule is NNc1nc(OCc2ccc(Br)cc2)c2ccccc2n1. The van der Waals surface area contributed by atoms with Crippen molar-refractivity contribution in [2.75, 3.05) is 5.43 Å². The molecule has 0 fully saturated rings. The van der Waals surface area contributed by atoms with Crippen LogP contribution in [0.25, 0.3) is 10.9 Å². The molecule has 0 unspecified atom stereocenters.